The van der Waals surface area contributed by atoms with Crippen molar-refractivity contribution in [1.82, 2.24) is 9.97 Å². The van der Waals surface area contributed by atoms with E-state index in [1.165, 1.54) is 38.5 Å². The van der Waals surface area contributed by atoms with Gasteiger partial charge in [0, 0.05) is 18.4 Å². The van der Waals surface area contributed by atoms with Gasteiger partial charge in [0.25, 0.3) is 5.91 Å². The van der Waals surface area contributed by atoms with Gasteiger partial charge in [-0.25, -0.2) is 4.98 Å². The Kier molecular flexibility index (Phi) is 5.19. The highest BCUT2D eigenvalue weighted by Crippen LogP contribution is 2.21. The summed E-state index contributed by atoms with van der Waals surface area (Å²) >= 11 is 0. The van der Waals surface area contributed by atoms with Crippen molar-refractivity contribution in [3.8, 4) is 0 Å². The van der Waals surface area contributed by atoms with Crippen molar-refractivity contribution in [1.29, 1.82) is 0 Å². The third-order valence-corrected chi connectivity index (χ3v) is 4.15. The molecule has 0 aliphatic heterocycles. The summed E-state index contributed by atoms with van der Waals surface area (Å²) in [6, 6.07) is 7.79. The number of hydrogen-bond acceptors (Lipinski definition) is 4. The molecule has 3 rings (SSSR count). The zero-order valence-corrected chi connectivity index (χ0v) is 13.2. The van der Waals surface area contributed by atoms with Crippen molar-refractivity contribution < 1.29 is 4.79 Å². The van der Waals surface area contributed by atoms with Crippen LogP contribution in [0.1, 0.15) is 48.9 Å². The first-order valence-electron chi connectivity index (χ1n) is 8.25. The van der Waals surface area contributed by atoms with Crippen LogP contribution in [-0.2, 0) is 0 Å². The molecule has 1 saturated carbocycles. The number of pyridine rings is 2. The Balaban J connectivity index is 1.57. The number of nitrogens with zero attached hydrogens (tertiary/aromatic N) is 2. The van der Waals surface area contributed by atoms with Gasteiger partial charge in [-0.1, -0.05) is 25.7 Å². The SMILES string of the molecule is O=C(Nc1ccc(NC2CCCCCC2)nc1)c1cccnc1. The monoisotopic (exact) mass is 310 g/mol. The highest BCUT2D eigenvalue weighted by atomic mass is 16.1. The maximum Gasteiger partial charge on any atom is 0.257 e. The summed E-state index contributed by atoms with van der Waals surface area (Å²) in [5.74, 6) is 0.695. The minimum absolute atomic E-state index is 0.177. The standard InChI is InChI=1S/C18H22N4O/c23-18(14-6-5-11-19-12-14)22-16-9-10-17(20-13-16)21-15-7-3-1-2-4-8-15/h5-6,9-13,15H,1-4,7-8H2,(H,20,21)(H,22,23). The molecule has 2 aromatic rings. The van der Waals surface area contributed by atoms with E-state index in [1.807, 2.05) is 12.1 Å². The smallest absolute Gasteiger partial charge is 0.257 e. The first-order chi connectivity index (χ1) is 11.3. The second-order valence-electron chi connectivity index (χ2n) is 5.96. The third-order valence-electron chi connectivity index (χ3n) is 4.15. The summed E-state index contributed by atoms with van der Waals surface area (Å²) in [6.07, 6.45) is 12.6. The van der Waals surface area contributed by atoms with E-state index >= 15 is 0 Å². The molecule has 1 aliphatic rings. The molecule has 23 heavy (non-hydrogen) atoms. The van der Waals surface area contributed by atoms with Gasteiger partial charge in [0.2, 0.25) is 0 Å². The molecule has 0 unspecified atom stereocenters. The molecule has 120 valence electrons. The minimum atomic E-state index is -0.177. The second-order valence-corrected chi connectivity index (χ2v) is 5.96. The zero-order chi connectivity index (χ0) is 15.9. The van der Waals surface area contributed by atoms with Crippen LogP contribution in [0, 0.1) is 0 Å². The molecule has 0 spiro atoms. The summed E-state index contributed by atoms with van der Waals surface area (Å²) in [5.41, 5.74) is 1.22. The number of rotatable bonds is 4. The number of carbonyl (C=O) groups is 1. The van der Waals surface area contributed by atoms with Crippen LogP contribution >= 0.6 is 0 Å². The minimum Gasteiger partial charge on any atom is -0.367 e. The summed E-state index contributed by atoms with van der Waals surface area (Å²) in [6.45, 7) is 0. The Morgan fingerprint density at radius 2 is 1.87 bits per heavy atom. The lowest BCUT2D eigenvalue weighted by molar-refractivity contribution is 0.102. The number of anilines is 2. The van der Waals surface area contributed by atoms with Crippen LogP contribution in [0.25, 0.3) is 0 Å². The van der Waals surface area contributed by atoms with Gasteiger partial charge in [0.15, 0.2) is 0 Å². The van der Waals surface area contributed by atoms with E-state index in [-0.39, 0.29) is 5.91 Å². The molecule has 5 heteroatoms. The molecule has 2 N–H and O–H groups in total. The summed E-state index contributed by atoms with van der Waals surface area (Å²) < 4.78 is 0. The largest absolute Gasteiger partial charge is 0.367 e. The van der Waals surface area contributed by atoms with E-state index in [2.05, 4.69) is 20.6 Å². The van der Waals surface area contributed by atoms with E-state index in [0.717, 1.165) is 5.82 Å². The molecule has 0 bridgehead atoms. The highest BCUT2D eigenvalue weighted by molar-refractivity contribution is 6.03. The van der Waals surface area contributed by atoms with Crippen LogP contribution in [0.2, 0.25) is 0 Å². The maximum atomic E-state index is 12.1. The third kappa shape index (κ3) is 4.52. The molecule has 0 atom stereocenters. The van der Waals surface area contributed by atoms with E-state index in [1.54, 1.807) is 30.7 Å². The first-order valence-corrected chi connectivity index (χ1v) is 8.25. The maximum absolute atomic E-state index is 12.1. The van der Waals surface area contributed by atoms with E-state index in [4.69, 9.17) is 0 Å². The van der Waals surface area contributed by atoms with Crippen molar-refractivity contribution in [2.24, 2.45) is 0 Å². The number of carbonyl (C=O) groups excluding carboxylic acids is 1. The summed E-state index contributed by atoms with van der Waals surface area (Å²) in [7, 11) is 0. The molecule has 1 aliphatic carbocycles. The van der Waals surface area contributed by atoms with Gasteiger partial charge in [-0.3, -0.25) is 9.78 Å². The molecule has 2 aromatic heterocycles. The molecule has 2 heterocycles. The van der Waals surface area contributed by atoms with Gasteiger partial charge >= 0.3 is 0 Å². The number of hydrogen-bond donors (Lipinski definition) is 2. The van der Waals surface area contributed by atoms with Crippen LogP contribution in [0.4, 0.5) is 11.5 Å². The fourth-order valence-corrected chi connectivity index (χ4v) is 2.89. The molecular weight excluding hydrogens is 288 g/mol. The zero-order valence-electron chi connectivity index (χ0n) is 13.2. The van der Waals surface area contributed by atoms with Gasteiger partial charge in [-0.2, -0.15) is 0 Å². The lowest BCUT2D eigenvalue weighted by Gasteiger charge is -2.17. The Bertz CT molecular complexity index is 619. The van der Waals surface area contributed by atoms with Crippen molar-refractivity contribution in [2.45, 2.75) is 44.6 Å². The fourth-order valence-electron chi connectivity index (χ4n) is 2.89. The van der Waals surface area contributed by atoms with Gasteiger partial charge in [0.1, 0.15) is 5.82 Å². The quantitative estimate of drug-likeness (QED) is 0.841. The predicted molar refractivity (Wildman–Crippen MR) is 91.5 cm³/mol. The average Bonchev–Trinajstić information content (AvgIpc) is 2.86. The second kappa shape index (κ2) is 7.72. The molecule has 1 fully saturated rings. The number of nitrogens with one attached hydrogen (secondary N) is 2. The van der Waals surface area contributed by atoms with Crippen LogP contribution in [0.5, 0.6) is 0 Å². The summed E-state index contributed by atoms with van der Waals surface area (Å²) in [4.78, 5) is 20.4. The Morgan fingerprint density at radius 3 is 2.52 bits per heavy atom. The molecular formula is C18H22N4O. The number of aromatic nitrogens is 2. The van der Waals surface area contributed by atoms with E-state index in [9.17, 15) is 4.79 Å². The Hall–Kier alpha value is -2.43. The lowest BCUT2D eigenvalue weighted by Crippen LogP contribution is -2.19. The van der Waals surface area contributed by atoms with Crippen LogP contribution in [0.3, 0.4) is 0 Å². The van der Waals surface area contributed by atoms with Crippen molar-refractivity contribution in [2.75, 3.05) is 10.6 Å². The van der Waals surface area contributed by atoms with Gasteiger partial charge in [0.05, 0.1) is 17.4 Å². The van der Waals surface area contributed by atoms with Gasteiger partial charge in [-0.05, 0) is 37.1 Å². The Labute approximate surface area is 136 Å². The van der Waals surface area contributed by atoms with Crippen LogP contribution < -0.4 is 10.6 Å². The van der Waals surface area contributed by atoms with Gasteiger partial charge in [-0.15, -0.1) is 0 Å². The Morgan fingerprint density at radius 1 is 1.04 bits per heavy atom. The first kappa shape index (κ1) is 15.5. The van der Waals surface area contributed by atoms with Crippen molar-refractivity contribution >= 4 is 17.4 Å². The molecule has 0 aromatic carbocycles. The average molecular weight is 310 g/mol. The topological polar surface area (TPSA) is 66.9 Å². The normalized spacial score (nSPS) is 15.7. The highest BCUT2D eigenvalue weighted by Gasteiger charge is 2.12. The summed E-state index contributed by atoms with van der Waals surface area (Å²) in [5, 5.41) is 6.33. The number of amides is 1. The van der Waals surface area contributed by atoms with Crippen molar-refractivity contribution in [3.05, 3.63) is 48.4 Å². The molecule has 0 radical (unpaired) electrons. The van der Waals surface area contributed by atoms with E-state index in [0.29, 0.717) is 17.3 Å². The lowest BCUT2D eigenvalue weighted by atomic mass is 10.1. The molecule has 0 saturated heterocycles. The fraction of sp³-hybridized carbons (Fsp3) is 0.389. The van der Waals surface area contributed by atoms with Crippen LogP contribution in [0.15, 0.2) is 42.9 Å². The van der Waals surface area contributed by atoms with Crippen molar-refractivity contribution in [3.63, 3.8) is 0 Å². The molecule has 5 nitrogen and oxygen atoms in total. The predicted octanol–water partition coefficient (Wildman–Crippen LogP) is 3.86. The van der Waals surface area contributed by atoms with Gasteiger partial charge < -0.3 is 10.6 Å². The molecule has 1 amide bonds. The van der Waals surface area contributed by atoms with E-state index < -0.39 is 0 Å². The van der Waals surface area contributed by atoms with Crippen LogP contribution in [-0.4, -0.2) is 21.9 Å².